The van der Waals surface area contributed by atoms with Crippen LogP contribution >= 0.6 is 11.8 Å². The van der Waals surface area contributed by atoms with E-state index in [2.05, 4.69) is 0 Å². The molecule has 0 aromatic carbocycles. The number of hydrogen-bond donors (Lipinski definition) is 1. The third-order valence-electron chi connectivity index (χ3n) is 5.30. The Morgan fingerprint density at radius 3 is 2.64 bits per heavy atom. The minimum atomic E-state index is -0.613. The number of nitrogens with two attached hydrogens (primary N) is 1. The molecule has 2 atom stereocenters. The van der Waals surface area contributed by atoms with Crippen molar-refractivity contribution in [2.24, 2.45) is 11.7 Å². The van der Waals surface area contributed by atoms with Crippen molar-refractivity contribution in [3.05, 3.63) is 0 Å². The van der Waals surface area contributed by atoms with Crippen molar-refractivity contribution >= 4 is 35.5 Å². The summed E-state index contributed by atoms with van der Waals surface area (Å²) in [6, 6.07) is -0.613. The van der Waals surface area contributed by atoms with E-state index in [-0.39, 0.29) is 35.1 Å². The fourth-order valence-corrected chi connectivity index (χ4v) is 5.15. The smallest absolute Gasteiger partial charge is 0.330 e. The van der Waals surface area contributed by atoms with Crippen molar-refractivity contribution < 1.29 is 23.9 Å². The van der Waals surface area contributed by atoms with E-state index in [4.69, 9.17) is 10.5 Å². The fourth-order valence-electron chi connectivity index (χ4n) is 3.73. The summed E-state index contributed by atoms with van der Waals surface area (Å²) < 4.78 is 5.19. The molecule has 9 heteroatoms. The molecule has 3 aliphatic rings. The van der Waals surface area contributed by atoms with Gasteiger partial charge in [-0.1, -0.05) is 0 Å². The average molecular weight is 369 g/mol. The zero-order valence-electron chi connectivity index (χ0n) is 14.2. The van der Waals surface area contributed by atoms with Crippen molar-refractivity contribution in [3.8, 4) is 0 Å². The van der Waals surface area contributed by atoms with Crippen LogP contribution in [0.1, 0.15) is 32.6 Å². The van der Waals surface area contributed by atoms with Crippen LogP contribution in [-0.4, -0.2) is 69.9 Å². The molecule has 3 rings (SSSR count). The van der Waals surface area contributed by atoms with Crippen molar-refractivity contribution in [1.29, 1.82) is 0 Å². The Hall–Kier alpha value is -1.77. The average Bonchev–Trinajstić information content (AvgIpc) is 3.09. The molecule has 3 saturated heterocycles. The van der Waals surface area contributed by atoms with E-state index >= 15 is 0 Å². The second-order valence-corrected chi connectivity index (χ2v) is 8.43. The normalized spacial score (nSPS) is 29.6. The Kier molecular flexibility index (Phi) is 4.95. The molecule has 0 radical (unpaired) electrons. The maximum absolute atomic E-state index is 12.3. The van der Waals surface area contributed by atoms with Gasteiger partial charge in [-0.3, -0.25) is 14.4 Å². The van der Waals surface area contributed by atoms with Gasteiger partial charge in [0.2, 0.25) is 11.8 Å². The first-order valence-electron chi connectivity index (χ1n) is 8.52. The van der Waals surface area contributed by atoms with Gasteiger partial charge in [-0.2, -0.15) is 0 Å². The lowest BCUT2D eigenvalue weighted by molar-refractivity contribution is -0.158. The first-order chi connectivity index (χ1) is 11.8. The van der Waals surface area contributed by atoms with Crippen LogP contribution in [0.4, 0.5) is 0 Å². The second kappa shape index (κ2) is 6.86. The van der Waals surface area contributed by atoms with Crippen molar-refractivity contribution in [2.45, 2.75) is 43.5 Å². The van der Waals surface area contributed by atoms with Crippen molar-refractivity contribution in [3.63, 3.8) is 0 Å². The number of nitrogens with zero attached hydrogens (tertiary/aromatic N) is 2. The molecule has 3 fully saturated rings. The molecular formula is C16H23N3O5S. The first kappa shape index (κ1) is 18.0. The van der Waals surface area contributed by atoms with Crippen molar-refractivity contribution in [2.75, 3.05) is 25.4 Å². The topological polar surface area (TPSA) is 110 Å². The largest absolute Gasteiger partial charge is 0.454 e. The molecule has 0 spiro atoms. The molecule has 3 amide bonds. The summed E-state index contributed by atoms with van der Waals surface area (Å²) in [7, 11) is 0. The van der Waals surface area contributed by atoms with Gasteiger partial charge in [0.15, 0.2) is 6.61 Å². The van der Waals surface area contributed by atoms with E-state index in [1.54, 1.807) is 21.6 Å². The molecule has 0 bridgehead atoms. The Morgan fingerprint density at radius 1 is 1.32 bits per heavy atom. The monoisotopic (exact) mass is 369 g/mol. The number of thioether (sulfide) groups is 1. The molecule has 8 nitrogen and oxygen atoms in total. The van der Waals surface area contributed by atoms with Gasteiger partial charge in [0.05, 0.1) is 4.87 Å². The molecule has 0 aliphatic carbocycles. The maximum Gasteiger partial charge on any atom is 0.330 e. The van der Waals surface area contributed by atoms with E-state index in [1.165, 1.54) is 0 Å². The molecule has 0 saturated carbocycles. The third-order valence-corrected chi connectivity index (χ3v) is 6.81. The molecule has 3 aliphatic heterocycles. The van der Waals surface area contributed by atoms with Gasteiger partial charge in [-0.05, 0) is 26.2 Å². The maximum atomic E-state index is 12.3. The van der Waals surface area contributed by atoms with Crippen LogP contribution < -0.4 is 5.73 Å². The second-order valence-electron chi connectivity index (χ2n) is 6.93. The van der Waals surface area contributed by atoms with Crippen molar-refractivity contribution in [1.82, 2.24) is 9.80 Å². The van der Waals surface area contributed by atoms with Gasteiger partial charge in [-0.15, -0.1) is 11.8 Å². The Labute approximate surface area is 150 Å². The lowest BCUT2D eigenvalue weighted by atomic mass is 9.96. The predicted octanol–water partition coefficient (Wildman–Crippen LogP) is -0.292. The third kappa shape index (κ3) is 3.47. The number of esters is 1. The number of primary amides is 1. The van der Waals surface area contributed by atoms with Crippen LogP contribution in [0.25, 0.3) is 0 Å². The summed E-state index contributed by atoms with van der Waals surface area (Å²) in [5.74, 6) is -0.866. The minimum Gasteiger partial charge on any atom is -0.454 e. The van der Waals surface area contributed by atoms with Gasteiger partial charge in [0.25, 0.3) is 5.91 Å². The number of piperidine rings is 1. The Morgan fingerprint density at radius 2 is 2.00 bits per heavy atom. The van der Waals surface area contributed by atoms with Gasteiger partial charge in [0, 0.05) is 31.2 Å². The number of amides is 3. The molecular weight excluding hydrogens is 346 g/mol. The number of ether oxygens (including phenoxy) is 1. The first-order valence-corrected chi connectivity index (χ1v) is 9.50. The van der Waals surface area contributed by atoms with Gasteiger partial charge in [-0.25, -0.2) is 4.79 Å². The Bertz CT molecular complexity index is 605. The van der Waals surface area contributed by atoms with E-state index in [1.807, 2.05) is 6.92 Å². The zero-order valence-corrected chi connectivity index (χ0v) is 15.0. The van der Waals surface area contributed by atoms with E-state index in [0.717, 1.165) is 6.42 Å². The van der Waals surface area contributed by atoms with Crippen LogP contribution in [0.15, 0.2) is 0 Å². The number of likely N-dealkylation sites (tertiary alicyclic amines) is 1. The summed E-state index contributed by atoms with van der Waals surface area (Å²) >= 11 is 1.59. The number of fused-ring (bicyclic) bond motifs is 1. The van der Waals surface area contributed by atoms with Crippen LogP contribution in [0.2, 0.25) is 0 Å². The molecule has 0 unspecified atom stereocenters. The number of carbonyl (C=O) groups excluding carboxylic acids is 4. The summed E-state index contributed by atoms with van der Waals surface area (Å²) in [6.45, 7) is 2.50. The minimum absolute atomic E-state index is 0.0331. The van der Waals surface area contributed by atoms with Gasteiger partial charge < -0.3 is 20.3 Å². The highest BCUT2D eigenvalue weighted by Crippen LogP contribution is 2.47. The lowest BCUT2D eigenvalue weighted by Crippen LogP contribution is -2.48. The molecule has 2 N–H and O–H groups in total. The van der Waals surface area contributed by atoms with E-state index in [9.17, 15) is 19.2 Å². The van der Waals surface area contributed by atoms with Gasteiger partial charge in [0.1, 0.15) is 6.04 Å². The summed E-state index contributed by atoms with van der Waals surface area (Å²) in [6.07, 6.45) is 2.25. The quantitative estimate of drug-likeness (QED) is 0.682. The van der Waals surface area contributed by atoms with Crippen LogP contribution in [0.3, 0.4) is 0 Å². The number of carbonyl (C=O) groups is 4. The van der Waals surface area contributed by atoms with Gasteiger partial charge >= 0.3 is 5.97 Å². The van der Waals surface area contributed by atoms with E-state index in [0.29, 0.717) is 38.1 Å². The fraction of sp³-hybridized carbons (Fsp3) is 0.750. The van der Waals surface area contributed by atoms with Crippen LogP contribution in [-0.2, 0) is 23.9 Å². The molecule has 138 valence electrons. The van der Waals surface area contributed by atoms with Crippen LogP contribution in [0.5, 0.6) is 0 Å². The summed E-state index contributed by atoms with van der Waals surface area (Å²) in [4.78, 5) is 50.6. The highest BCUT2D eigenvalue weighted by Gasteiger charge is 2.53. The summed E-state index contributed by atoms with van der Waals surface area (Å²) in [5.41, 5.74) is 5.28. The number of hydrogen-bond acceptors (Lipinski definition) is 6. The zero-order chi connectivity index (χ0) is 18.2. The molecule has 0 aromatic rings. The van der Waals surface area contributed by atoms with E-state index < -0.39 is 12.0 Å². The highest BCUT2D eigenvalue weighted by atomic mass is 32.2. The van der Waals surface area contributed by atoms with Crippen LogP contribution in [0, 0.1) is 5.92 Å². The SMILES string of the molecule is C[C@@]12CCC(=O)N1[C@@H](C(=O)OCC(=O)N1CCC(C(N)=O)CC1)CS2. The predicted molar refractivity (Wildman–Crippen MR) is 90.2 cm³/mol. The highest BCUT2D eigenvalue weighted by molar-refractivity contribution is 8.01. The lowest BCUT2D eigenvalue weighted by Gasteiger charge is -2.31. The molecule has 0 aromatic heterocycles. The summed E-state index contributed by atoms with van der Waals surface area (Å²) in [5, 5.41) is 0. The molecule has 3 heterocycles. The molecule has 25 heavy (non-hydrogen) atoms. The standard InChI is InChI=1S/C16H23N3O5S/c1-16-5-2-12(20)19(16)11(9-25-16)15(23)24-8-13(21)18-6-3-10(4-7-18)14(17)22/h10-11H,2-9H2,1H3,(H2,17,22)/t11-,16-/m1/s1. The Balaban J connectivity index is 1.49. The number of rotatable bonds is 4.